The van der Waals surface area contributed by atoms with Crippen LogP contribution in [0.2, 0.25) is 0 Å². The van der Waals surface area contributed by atoms with Gasteiger partial charge in [-0.05, 0) is 30.3 Å². The molecule has 1 aliphatic rings. The van der Waals surface area contributed by atoms with Gasteiger partial charge in [0, 0.05) is 13.1 Å². The van der Waals surface area contributed by atoms with Crippen LogP contribution in [0.15, 0.2) is 0 Å². The minimum atomic E-state index is -0.960. The van der Waals surface area contributed by atoms with Crippen LogP contribution in [-0.2, 0) is 4.79 Å². The van der Waals surface area contributed by atoms with Crippen molar-refractivity contribution in [2.75, 3.05) is 25.1 Å². The highest BCUT2D eigenvalue weighted by Crippen LogP contribution is 2.22. The van der Waals surface area contributed by atoms with Crippen molar-refractivity contribution in [1.29, 1.82) is 0 Å². The standard InChI is InChI=1S/C12H22N2O3S/c1-8-6-14(7-9(8)2)12(17)13-10(11(15)16)4-5-18-3/h8-10H,4-7H2,1-3H3,(H,13,17)(H,15,16). The number of carboxylic acid groups (broad SMARTS) is 1. The van der Waals surface area contributed by atoms with Gasteiger partial charge in [0.05, 0.1) is 0 Å². The van der Waals surface area contributed by atoms with E-state index in [1.807, 2.05) is 6.26 Å². The van der Waals surface area contributed by atoms with Crippen molar-refractivity contribution in [3.63, 3.8) is 0 Å². The van der Waals surface area contributed by atoms with Gasteiger partial charge < -0.3 is 15.3 Å². The fourth-order valence-electron chi connectivity index (χ4n) is 2.03. The summed E-state index contributed by atoms with van der Waals surface area (Å²) in [6, 6.07) is -1.03. The summed E-state index contributed by atoms with van der Waals surface area (Å²) in [6.45, 7) is 5.64. The maximum absolute atomic E-state index is 12.0. The Kier molecular flexibility index (Phi) is 5.78. The zero-order valence-corrected chi connectivity index (χ0v) is 12.0. The topological polar surface area (TPSA) is 69.6 Å². The molecule has 0 radical (unpaired) electrons. The first-order chi connectivity index (χ1) is 8.45. The molecular formula is C12H22N2O3S. The molecule has 1 heterocycles. The van der Waals surface area contributed by atoms with E-state index in [0.717, 1.165) is 5.75 Å². The van der Waals surface area contributed by atoms with Crippen LogP contribution in [0.3, 0.4) is 0 Å². The van der Waals surface area contributed by atoms with Crippen molar-refractivity contribution in [3.05, 3.63) is 0 Å². The van der Waals surface area contributed by atoms with E-state index in [2.05, 4.69) is 19.2 Å². The van der Waals surface area contributed by atoms with Gasteiger partial charge in [-0.3, -0.25) is 0 Å². The Labute approximate surface area is 112 Å². The molecule has 0 aromatic heterocycles. The summed E-state index contributed by atoms with van der Waals surface area (Å²) in [4.78, 5) is 24.7. The van der Waals surface area contributed by atoms with E-state index >= 15 is 0 Å². The number of likely N-dealkylation sites (tertiary alicyclic amines) is 1. The van der Waals surface area contributed by atoms with Gasteiger partial charge in [0.15, 0.2) is 0 Å². The number of urea groups is 1. The van der Waals surface area contributed by atoms with Gasteiger partial charge in [-0.25, -0.2) is 9.59 Å². The second-order valence-corrected chi connectivity index (χ2v) is 5.97. The highest BCUT2D eigenvalue weighted by molar-refractivity contribution is 7.98. The molecule has 0 aromatic rings. The molecule has 2 N–H and O–H groups in total. The molecule has 0 spiro atoms. The first-order valence-corrected chi connectivity index (χ1v) is 7.62. The second-order valence-electron chi connectivity index (χ2n) is 4.98. The Bertz CT molecular complexity index is 302. The Hall–Kier alpha value is -0.910. The van der Waals surface area contributed by atoms with Crippen molar-refractivity contribution in [1.82, 2.24) is 10.2 Å². The summed E-state index contributed by atoms with van der Waals surface area (Å²) in [5.41, 5.74) is 0. The molecule has 1 fully saturated rings. The largest absolute Gasteiger partial charge is 0.480 e. The van der Waals surface area contributed by atoms with Crippen LogP contribution < -0.4 is 5.32 Å². The van der Waals surface area contributed by atoms with E-state index in [-0.39, 0.29) is 6.03 Å². The van der Waals surface area contributed by atoms with Gasteiger partial charge in [0.2, 0.25) is 0 Å². The normalized spacial score (nSPS) is 24.9. The highest BCUT2D eigenvalue weighted by atomic mass is 32.2. The number of carbonyl (C=O) groups is 2. The number of thioether (sulfide) groups is 1. The maximum atomic E-state index is 12.0. The molecule has 1 rings (SSSR count). The number of carboxylic acids is 1. The smallest absolute Gasteiger partial charge is 0.326 e. The van der Waals surface area contributed by atoms with Crippen LogP contribution in [0.4, 0.5) is 4.79 Å². The van der Waals surface area contributed by atoms with Crippen LogP contribution in [0.1, 0.15) is 20.3 Å². The summed E-state index contributed by atoms with van der Waals surface area (Å²) in [7, 11) is 0. The second kappa shape index (κ2) is 6.87. The number of nitrogens with zero attached hydrogens (tertiary/aromatic N) is 1. The third-order valence-corrected chi connectivity index (χ3v) is 4.13. The van der Waals surface area contributed by atoms with Crippen LogP contribution in [0.25, 0.3) is 0 Å². The lowest BCUT2D eigenvalue weighted by molar-refractivity contribution is -0.139. The minimum Gasteiger partial charge on any atom is -0.480 e. The number of nitrogens with one attached hydrogen (secondary N) is 1. The Morgan fingerprint density at radius 1 is 1.39 bits per heavy atom. The predicted molar refractivity (Wildman–Crippen MR) is 72.9 cm³/mol. The minimum absolute atomic E-state index is 0.250. The van der Waals surface area contributed by atoms with Crippen LogP contribution in [-0.4, -0.2) is 53.1 Å². The molecule has 6 heteroatoms. The van der Waals surface area contributed by atoms with Crippen molar-refractivity contribution in [2.45, 2.75) is 26.3 Å². The summed E-state index contributed by atoms with van der Waals surface area (Å²) in [6.07, 6.45) is 2.38. The quantitative estimate of drug-likeness (QED) is 0.797. The lowest BCUT2D eigenvalue weighted by atomic mass is 10.0. The van der Waals surface area contributed by atoms with Crippen LogP contribution in [0, 0.1) is 11.8 Å². The van der Waals surface area contributed by atoms with E-state index in [4.69, 9.17) is 5.11 Å². The lowest BCUT2D eigenvalue weighted by Gasteiger charge is -2.20. The highest BCUT2D eigenvalue weighted by Gasteiger charge is 2.31. The number of carbonyl (C=O) groups excluding carboxylic acids is 1. The Morgan fingerprint density at radius 3 is 2.39 bits per heavy atom. The molecule has 0 bridgehead atoms. The molecule has 104 valence electrons. The number of hydrogen-bond donors (Lipinski definition) is 2. The van der Waals surface area contributed by atoms with Gasteiger partial charge in [0.25, 0.3) is 0 Å². The number of amides is 2. The monoisotopic (exact) mass is 274 g/mol. The fraction of sp³-hybridized carbons (Fsp3) is 0.833. The van der Waals surface area contributed by atoms with Gasteiger partial charge in [0.1, 0.15) is 6.04 Å². The van der Waals surface area contributed by atoms with E-state index in [1.54, 1.807) is 16.7 Å². The molecule has 3 atom stereocenters. The molecule has 1 aliphatic heterocycles. The van der Waals surface area contributed by atoms with E-state index in [1.165, 1.54) is 0 Å². The fourth-order valence-corrected chi connectivity index (χ4v) is 2.50. The van der Waals surface area contributed by atoms with Gasteiger partial charge >= 0.3 is 12.0 Å². The van der Waals surface area contributed by atoms with E-state index in [9.17, 15) is 9.59 Å². The van der Waals surface area contributed by atoms with Crippen molar-refractivity contribution < 1.29 is 14.7 Å². The average Bonchev–Trinajstić information content (AvgIpc) is 2.64. The Balaban J connectivity index is 2.48. The van der Waals surface area contributed by atoms with Crippen molar-refractivity contribution >= 4 is 23.8 Å². The molecule has 0 aromatic carbocycles. The number of aliphatic carboxylic acids is 1. The number of hydrogen-bond acceptors (Lipinski definition) is 3. The van der Waals surface area contributed by atoms with Crippen molar-refractivity contribution in [2.24, 2.45) is 11.8 Å². The average molecular weight is 274 g/mol. The van der Waals surface area contributed by atoms with E-state index in [0.29, 0.717) is 31.3 Å². The molecule has 1 saturated heterocycles. The zero-order valence-electron chi connectivity index (χ0n) is 11.2. The number of rotatable bonds is 5. The molecule has 18 heavy (non-hydrogen) atoms. The first-order valence-electron chi connectivity index (χ1n) is 6.22. The maximum Gasteiger partial charge on any atom is 0.326 e. The first kappa shape index (κ1) is 15.1. The summed E-state index contributed by atoms with van der Waals surface area (Å²) < 4.78 is 0. The third kappa shape index (κ3) is 4.08. The molecule has 2 amide bonds. The molecular weight excluding hydrogens is 252 g/mol. The summed E-state index contributed by atoms with van der Waals surface area (Å²) in [5.74, 6) is 0.720. The predicted octanol–water partition coefficient (Wildman–Crippen LogP) is 1.49. The van der Waals surface area contributed by atoms with Crippen LogP contribution in [0.5, 0.6) is 0 Å². The third-order valence-electron chi connectivity index (χ3n) is 3.48. The molecule has 5 nitrogen and oxygen atoms in total. The van der Waals surface area contributed by atoms with Gasteiger partial charge in [-0.1, -0.05) is 13.8 Å². The van der Waals surface area contributed by atoms with Crippen LogP contribution >= 0.6 is 11.8 Å². The lowest BCUT2D eigenvalue weighted by Crippen LogP contribution is -2.47. The van der Waals surface area contributed by atoms with Crippen molar-refractivity contribution in [3.8, 4) is 0 Å². The summed E-state index contributed by atoms with van der Waals surface area (Å²) in [5, 5.41) is 11.7. The summed E-state index contributed by atoms with van der Waals surface area (Å²) >= 11 is 1.58. The van der Waals surface area contributed by atoms with Gasteiger partial charge in [-0.2, -0.15) is 11.8 Å². The SMILES string of the molecule is CSCCC(NC(=O)N1CC(C)C(C)C1)C(=O)O. The molecule has 3 unspecified atom stereocenters. The van der Waals surface area contributed by atoms with Gasteiger partial charge in [-0.15, -0.1) is 0 Å². The Morgan fingerprint density at radius 2 is 1.94 bits per heavy atom. The molecule has 0 saturated carbocycles. The van der Waals surface area contributed by atoms with E-state index < -0.39 is 12.0 Å². The zero-order chi connectivity index (χ0) is 13.7. The molecule has 0 aliphatic carbocycles.